The van der Waals surface area contributed by atoms with E-state index < -0.39 is 10.0 Å². The third kappa shape index (κ3) is 5.33. The fourth-order valence-electron chi connectivity index (χ4n) is 4.50. The van der Waals surface area contributed by atoms with Crippen molar-refractivity contribution in [1.29, 1.82) is 0 Å². The summed E-state index contributed by atoms with van der Waals surface area (Å²) in [6, 6.07) is 6.55. The standard InChI is InChI=1S/C21H33N3O3S/c1-16-5-4-10-23(12-16)15-21(25)22-19-6-8-20(9-7-19)28(26,27)24-13-17(2)11-18(3)14-24/h6-9,16-18H,4-5,10-15H2,1-3H3,(H,22,25)/t16-,17-,18+/m0/s1. The van der Waals surface area contributed by atoms with Crippen LogP contribution in [-0.4, -0.2) is 56.3 Å². The molecule has 6 nitrogen and oxygen atoms in total. The van der Waals surface area contributed by atoms with Gasteiger partial charge in [-0.2, -0.15) is 4.31 Å². The summed E-state index contributed by atoms with van der Waals surface area (Å²) in [4.78, 5) is 14.8. The van der Waals surface area contributed by atoms with Crippen molar-refractivity contribution < 1.29 is 13.2 Å². The van der Waals surface area contributed by atoms with E-state index >= 15 is 0 Å². The quantitative estimate of drug-likeness (QED) is 0.815. The fraction of sp³-hybridized carbons (Fsp3) is 0.667. The lowest BCUT2D eigenvalue weighted by Gasteiger charge is -2.34. The Balaban J connectivity index is 1.60. The van der Waals surface area contributed by atoms with Crippen LogP contribution in [-0.2, 0) is 14.8 Å². The second-order valence-electron chi connectivity index (χ2n) is 8.82. The molecule has 156 valence electrons. The molecule has 0 spiro atoms. The van der Waals surface area contributed by atoms with Crippen LogP contribution < -0.4 is 5.32 Å². The average molecular weight is 408 g/mol. The molecule has 2 saturated heterocycles. The number of piperidine rings is 2. The van der Waals surface area contributed by atoms with Gasteiger partial charge in [0.05, 0.1) is 11.4 Å². The minimum atomic E-state index is -3.49. The van der Waals surface area contributed by atoms with E-state index in [1.54, 1.807) is 28.6 Å². The topological polar surface area (TPSA) is 69.7 Å². The molecule has 0 aromatic heterocycles. The van der Waals surface area contributed by atoms with Gasteiger partial charge >= 0.3 is 0 Å². The van der Waals surface area contributed by atoms with Gasteiger partial charge in [0.2, 0.25) is 15.9 Å². The molecule has 2 aliphatic rings. The second kappa shape index (κ2) is 8.93. The Hall–Kier alpha value is -1.44. The summed E-state index contributed by atoms with van der Waals surface area (Å²) >= 11 is 0. The summed E-state index contributed by atoms with van der Waals surface area (Å²) < 4.78 is 27.5. The minimum absolute atomic E-state index is 0.0524. The van der Waals surface area contributed by atoms with Crippen LogP contribution in [0.2, 0.25) is 0 Å². The summed E-state index contributed by atoms with van der Waals surface area (Å²) in [6.07, 6.45) is 3.42. The molecule has 2 aliphatic heterocycles. The third-order valence-electron chi connectivity index (χ3n) is 5.72. The Morgan fingerprint density at radius 1 is 1.04 bits per heavy atom. The molecule has 0 unspecified atom stereocenters. The van der Waals surface area contributed by atoms with E-state index in [1.807, 2.05) is 0 Å². The van der Waals surface area contributed by atoms with Crippen LogP contribution in [0.5, 0.6) is 0 Å². The van der Waals surface area contributed by atoms with E-state index in [4.69, 9.17) is 0 Å². The van der Waals surface area contributed by atoms with Crippen molar-refractivity contribution in [2.45, 2.75) is 44.9 Å². The molecular formula is C21H33N3O3S. The number of carbonyl (C=O) groups excluding carboxylic acids is 1. The Morgan fingerprint density at radius 2 is 1.68 bits per heavy atom. The summed E-state index contributed by atoms with van der Waals surface area (Å²) in [6.45, 7) is 9.85. The first kappa shape index (κ1) is 21.3. The SMILES string of the molecule is C[C@@H]1C[C@H](C)CN(S(=O)(=O)c2ccc(NC(=O)CN3CCC[C@H](C)C3)cc2)C1. The number of anilines is 1. The normalized spacial score (nSPS) is 27.5. The summed E-state index contributed by atoms with van der Waals surface area (Å²) in [7, 11) is -3.49. The van der Waals surface area contributed by atoms with E-state index in [0.29, 0.717) is 43.1 Å². The lowest BCUT2D eigenvalue weighted by Crippen LogP contribution is -2.42. The van der Waals surface area contributed by atoms with Crippen LogP contribution in [0, 0.1) is 17.8 Å². The van der Waals surface area contributed by atoms with Gasteiger partial charge < -0.3 is 5.32 Å². The van der Waals surface area contributed by atoms with Gasteiger partial charge in [-0.1, -0.05) is 20.8 Å². The molecule has 2 heterocycles. The van der Waals surface area contributed by atoms with Crippen molar-refractivity contribution in [3.63, 3.8) is 0 Å². The molecule has 2 fully saturated rings. The first-order chi connectivity index (χ1) is 13.2. The van der Waals surface area contributed by atoms with E-state index in [-0.39, 0.29) is 10.8 Å². The first-order valence-electron chi connectivity index (χ1n) is 10.4. The molecule has 28 heavy (non-hydrogen) atoms. The number of carbonyl (C=O) groups is 1. The number of sulfonamides is 1. The van der Waals surface area contributed by atoms with Crippen LogP contribution in [0.25, 0.3) is 0 Å². The van der Waals surface area contributed by atoms with Crippen LogP contribution >= 0.6 is 0 Å². The third-order valence-corrected chi connectivity index (χ3v) is 7.57. The number of rotatable bonds is 5. The average Bonchev–Trinajstić information content (AvgIpc) is 2.61. The second-order valence-corrected chi connectivity index (χ2v) is 10.8. The van der Waals surface area contributed by atoms with Gasteiger partial charge in [0, 0.05) is 25.3 Å². The number of nitrogens with one attached hydrogen (secondary N) is 1. The molecule has 0 saturated carbocycles. The van der Waals surface area contributed by atoms with Gasteiger partial charge in [0.1, 0.15) is 0 Å². The zero-order valence-electron chi connectivity index (χ0n) is 17.2. The molecule has 0 radical (unpaired) electrons. The van der Waals surface area contributed by atoms with Gasteiger partial charge in [-0.15, -0.1) is 0 Å². The van der Waals surface area contributed by atoms with Crippen molar-refractivity contribution in [3.05, 3.63) is 24.3 Å². The highest BCUT2D eigenvalue weighted by molar-refractivity contribution is 7.89. The Morgan fingerprint density at radius 3 is 2.29 bits per heavy atom. The van der Waals surface area contributed by atoms with Gasteiger partial charge in [-0.25, -0.2) is 8.42 Å². The number of hydrogen-bond donors (Lipinski definition) is 1. The molecular weight excluding hydrogens is 374 g/mol. The molecule has 0 aliphatic carbocycles. The lowest BCUT2D eigenvalue weighted by molar-refractivity contribution is -0.117. The maximum Gasteiger partial charge on any atom is 0.243 e. The first-order valence-corrected chi connectivity index (χ1v) is 11.8. The largest absolute Gasteiger partial charge is 0.325 e. The van der Waals surface area contributed by atoms with E-state index in [0.717, 1.165) is 25.9 Å². The summed E-state index contributed by atoms with van der Waals surface area (Å²) in [5.74, 6) is 1.32. The van der Waals surface area contributed by atoms with Gasteiger partial charge in [-0.05, 0) is 67.8 Å². The zero-order valence-corrected chi connectivity index (χ0v) is 18.0. The number of amides is 1. The number of hydrogen-bond acceptors (Lipinski definition) is 4. The summed E-state index contributed by atoms with van der Waals surface area (Å²) in [5.41, 5.74) is 0.634. The van der Waals surface area contributed by atoms with E-state index in [9.17, 15) is 13.2 Å². The lowest BCUT2D eigenvalue weighted by atomic mass is 9.94. The summed E-state index contributed by atoms with van der Waals surface area (Å²) in [5, 5.41) is 2.89. The monoisotopic (exact) mass is 407 g/mol. The van der Waals surface area contributed by atoms with Crippen molar-refractivity contribution >= 4 is 21.6 Å². The van der Waals surface area contributed by atoms with Crippen LogP contribution in [0.4, 0.5) is 5.69 Å². The van der Waals surface area contributed by atoms with E-state index in [1.165, 1.54) is 6.42 Å². The number of likely N-dealkylation sites (tertiary alicyclic amines) is 1. The van der Waals surface area contributed by atoms with Crippen molar-refractivity contribution in [1.82, 2.24) is 9.21 Å². The molecule has 3 rings (SSSR count). The van der Waals surface area contributed by atoms with Crippen LogP contribution in [0.15, 0.2) is 29.2 Å². The van der Waals surface area contributed by atoms with Gasteiger partial charge in [0.15, 0.2) is 0 Å². The maximum atomic E-state index is 12.9. The zero-order chi connectivity index (χ0) is 20.3. The highest BCUT2D eigenvalue weighted by Gasteiger charge is 2.31. The Bertz CT molecular complexity index is 769. The van der Waals surface area contributed by atoms with Gasteiger partial charge in [0.25, 0.3) is 0 Å². The van der Waals surface area contributed by atoms with Crippen LogP contribution in [0.3, 0.4) is 0 Å². The van der Waals surface area contributed by atoms with E-state index in [2.05, 4.69) is 31.0 Å². The molecule has 1 amide bonds. The molecule has 1 aromatic carbocycles. The number of benzene rings is 1. The Labute approximate surface area is 169 Å². The van der Waals surface area contributed by atoms with Crippen molar-refractivity contribution in [2.75, 3.05) is 38.0 Å². The highest BCUT2D eigenvalue weighted by Crippen LogP contribution is 2.27. The molecule has 7 heteroatoms. The molecule has 1 N–H and O–H groups in total. The smallest absolute Gasteiger partial charge is 0.243 e. The highest BCUT2D eigenvalue weighted by atomic mass is 32.2. The maximum absolute atomic E-state index is 12.9. The molecule has 0 bridgehead atoms. The molecule has 1 aromatic rings. The Kier molecular flexibility index (Phi) is 6.78. The predicted octanol–water partition coefficient (Wildman–Crippen LogP) is 3.02. The minimum Gasteiger partial charge on any atom is -0.325 e. The predicted molar refractivity (Wildman–Crippen MR) is 112 cm³/mol. The molecule has 3 atom stereocenters. The van der Waals surface area contributed by atoms with Crippen LogP contribution in [0.1, 0.15) is 40.0 Å². The van der Waals surface area contributed by atoms with Gasteiger partial charge in [-0.3, -0.25) is 9.69 Å². The fourth-order valence-corrected chi connectivity index (χ4v) is 6.17. The van der Waals surface area contributed by atoms with Crippen molar-refractivity contribution in [2.24, 2.45) is 17.8 Å². The van der Waals surface area contributed by atoms with Crippen molar-refractivity contribution in [3.8, 4) is 0 Å². The number of nitrogens with zero attached hydrogens (tertiary/aromatic N) is 2.